The number of alkyl halides is 2. The molecule has 1 fully saturated rings. The average molecular weight is 481 g/mol. The number of phenols is 1. The van der Waals surface area contributed by atoms with Crippen LogP contribution in [0.5, 0.6) is 5.75 Å². The van der Waals surface area contributed by atoms with E-state index in [1.165, 1.54) is 6.07 Å². The van der Waals surface area contributed by atoms with E-state index in [0.29, 0.717) is 37.2 Å². The quantitative estimate of drug-likeness (QED) is 0.529. The molecule has 2 N–H and O–H groups in total. The summed E-state index contributed by atoms with van der Waals surface area (Å²) in [7, 11) is 3.81. The van der Waals surface area contributed by atoms with Crippen LogP contribution in [0.15, 0.2) is 30.6 Å². The van der Waals surface area contributed by atoms with Crippen LogP contribution in [-0.2, 0) is 11.2 Å². The Labute approximate surface area is 198 Å². The molecule has 1 aliphatic carbocycles. The molecular formula is C24H31ClF2N4O2. The number of phenolic OH excluding ortho intramolecular Hbond substituents is 1. The van der Waals surface area contributed by atoms with Gasteiger partial charge in [0.05, 0.1) is 5.02 Å². The normalized spacial score (nSPS) is 17.0. The number of aryl methyl sites for hydroxylation is 1. The summed E-state index contributed by atoms with van der Waals surface area (Å²) < 4.78 is 29.1. The Morgan fingerprint density at radius 1 is 1.30 bits per heavy atom. The first-order valence-electron chi connectivity index (χ1n) is 11.0. The van der Waals surface area contributed by atoms with Gasteiger partial charge in [-0.3, -0.25) is 4.79 Å². The van der Waals surface area contributed by atoms with Crippen molar-refractivity contribution < 1.29 is 18.7 Å². The van der Waals surface area contributed by atoms with Gasteiger partial charge in [-0.2, -0.15) is 0 Å². The highest BCUT2D eigenvalue weighted by atomic mass is 35.5. The number of rotatable bonds is 10. The van der Waals surface area contributed by atoms with Crippen molar-refractivity contribution in [2.45, 2.75) is 57.4 Å². The standard InChI is InChI=1S/C24H31ClF2N4O2/c1-15-28-12-17(13-29-15)19(24(7-8-24)23(2,26)27)11-22(33)30-14-18(31(3)4)9-16-5-6-21(32)20(25)10-16/h5-6,10,12-13,18-19,32H,7-9,11,14H2,1-4H3,(H,30,33)/t18-,19-/m0/s1. The zero-order chi connectivity index (χ0) is 24.4. The van der Waals surface area contributed by atoms with Gasteiger partial charge in [-0.1, -0.05) is 17.7 Å². The second kappa shape index (κ2) is 9.89. The fraction of sp³-hybridized carbons (Fsp3) is 0.542. The minimum atomic E-state index is -2.91. The molecule has 0 spiro atoms. The molecule has 6 nitrogen and oxygen atoms in total. The number of likely N-dealkylation sites (N-methyl/N-ethyl adjacent to an activating group) is 1. The summed E-state index contributed by atoms with van der Waals surface area (Å²) in [4.78, 5) is 23.2. The number of amides is 1. The minimum absolute atomic E-state index is 0.0166. The Kier molecular flexibility index (Phi) is 7.59. The zero-order valence-corrected chi connectivity index (χ0v) is 20.2. The van der Waals surface area contributed by atoms with Crippen molar-refractivity contribution >= 4 is 17.5 Å². The lowest BCUT2D eigenvalue weighted by atomic mass is 9.78. The van der Waals surface area contributed by atoms with Crippen molar-refractivity contribution in [3.8, 4) is 5.75 Å². The fourth-order valence-electron chi connectivity index (χ4n) is 4.32. The molecular weight excluding hydrogens is 450 g/mol. The lowest BCUT2D eigenvalue weighted by Crippen LogP contribution is -2.43. The molecule has 0 unspecified atom stereocenters. The van der Waals surface area contributed by atoms with Gasteiger partial charge in [0.2, 0.25) is 5.91 Å². The first-order chi connectivity index (χ1) is 15.4. The smallest absolute Gasteiger partial charge is 0.251 e. The average Bonchev–Trinajstić information content (AvgIpc) is 3.54. The summed E-state index contributed by atoms with van der Waals surface area (Å²) in [5.74, 6) is -3.28. The summed E-state index contributed by atoms with van der Waals surface area (Å²) in [6.07, 6.45) is 4.39. The molecule has 33 heavy (non-hydrogen) atoms. The SMILES string of the molecule is Cc1ncc([C@H](CC(=O)NC[C@H](Cc2ccc(O)c(Cl)c2)N(C)C)C2(C(C)(F)F)CC2)cn1. The van der Waals surface area contributed by atoms with Crippen molar-refractivity contribution in [2.75, 3.05) is 20.6 Å². The van der Waals surface area contributed by atoms with Crippen molar-refractivity contribution in [1.29, 1.82) is 0 Å². The highest BCUT2D eigenvalue weighted by Gasteiger charge is 2.63. The van der Waals surface area contributed by atoms with E-state index in [-0.39, 0.29) is 29.1 Å². The molecule has 1 aromatic carbocycles. The summed E-state index contributed by atoms with van der Waals surface area (Å²) >= 11 is 6.01. The third-order valence-electron chi connectivity index (χ3n) is 6.67. The Balaban J connectivity index is 1.70. The molecule has 0 saturated heterocycles. The van der Waals surface area contributed by atoms with Gasteiger partial charge in [-0.05, 0) is 70.5 Å². The summed E-state index contributed by atoms with van der Waals surface area (Å²) in [5.41, 5.74) is 0.243. The number of aromatic hydroxyl groups is 1. The van der Waals surface area contributed by atoms with E-state index in [9.17, 15) is 18.7 Å². The number of aromatic nitrogens is 2. The Morgan fingerprint density at radius 3 is 2.45 bits per heavy atom. The zero-order valence-electron chi connectivity index (χ0n) is 19.4. The number of nitrogens with zero attached hydrogens (tertiary/aromatic N) is 3. The van der Waals surface area contributed by atoms with Crippen LogP contribution >= 0.6 is 11.6 Å². The van der Waals surface area contributed by atoms with Gasteiger partial charge in [-0.25, -0.2) is 18.7 Å². The molecule has 1 amide bonds. The molecule has 1 saturated carbocycles. The topological polar surface area (TPSA) is 78.3 Å². The van der Waals surface area contributed by atoms with Gasteiger partial charge in [0.1, 0.15) is 11.6 Å². The first kappa shape index (κ1) is 25.3. The maximum atomic E-state index is 14.5. The maximum Gasteiger partial charge on any atom is 0.251 e. The van der Waals surface area contributed by atoms with Crippen LogP contribution in [0.1, 0.15) is 49.1 Å². The van der Waals surface area contributed by atoms with Crippen LogP contribution in [0.4, 0.5) is 8.78 Å². The Morgan fingerprint density at radius 2 is 1.94 bits per heavy atom. The van der Waals surface area contributed by atoms with E-state index < -0.39 is 17.3 Å². The molecule has 1 aliphatic rings. The number of carbonyl (C=O) groups excluding carboxylic acids is 1. The number of hydrogen-bond donors (Lipinski definition) is 2. The summed E-state index contributed by atoms with van der Waals surface area (Å²) in [5, 5.41) is 12.8. The number of hydrogen-bond acceptors (Lipinski definition) is 5. The van der Waals surface area contributed by atoms with Crippen molar-refractivity contribution in [1.82, 2.24) is 20.2 Å². The van der Waals surface area contributed by atoms with Crippen molar-refractivity contribution in [3.63, 3.8) is 0 Å². The Hall–Kier alpha value is -2.32. The lowest BCUT2D eigenvalue weighted by Gasteiger charge is -2.32. The molecule has 180 valence electrons. The predicted molar refractivity (Wildman–Crippen MR) is 124 cm³/mol. The number of halogens is 3. The van der Waals surface area contributed by atoms with Crippen LogP contribution < -0.4 is 5.32 Å². The van der Waals surface area contributed by atoms with E-state index >= 15 is 0 Å². The van der Waals surface area contributed by atoms with Gasteiger partial charge in [0.25, 0.3) is 5.92 Å². The fourth-order valence-corrected chi connectivity index (χ4v) is 4.52. The van der Waals surface area contributed by atoms with Gasteiger partial charge in [0.15, 0.2) is 0 Å². The molecule has 0 aliphatic heterocycles. The van der Waals surface area contributed by atoms with Crippen LogP contribution in [0, 0.1) is 12.3 Å². The van der Waals surface area contributed by atoms with Gasteiger partial charge >= 0.3 is 0 Å². The van der Waals surface area contributed by atoms with Gasteiger partial charge in [0, 0.05) is 42.7 Å². The summed E-state index contributed by atoms with van der Waals surface area (Å²) in [6.45, 7) is 3.01. The molecule has 0 radical (unpaired) electrons. The van der Waals surface area contributed by atoms with Gasteiger partial charge in [-0.15, -0.1) is 0 Å². The molecule has 2 atom stereocenters. The first-order valence-corrected chi connectivity index (χ1v) is 11.4. The molecule has 2 aromatic rings. The maximum absolute atomic E-state index is 14.5. The van der Waals surface area contributed by atoms with Crippen LogP contribution in [-0.4, -0.2) is 58.5 Å². The van der Waals surface area contributed by atoms with E-state index in [0.717, 1.165) is 12.5 Å². The number of nitrogens with one attached hydrogen (secondary N) is 1. The monoisotopic (exact) mass is 480 g/mol. The van der Waals surface area contributed by atoms with Crippen LogP contribution in [0.25, 0.3) is 0 Å². The molecule has 1 heterocycles. The lowest BCUT2D eigenvalue weighted by molar-refractivity contribution is -0.123. The molecule has 3 rings (SSSR count). The van der Waals surface area contributed by atoms with E-state index in [1.54, 1.807) is 31.5 Å². The van der Waals surface area contributed by atoms with E-state index in [2.05, 4.69) is 15.3 Å². The van der Waals surface area contributed by atoms with E-state index in [4.69, 9.17) is 11.6 Å². The largest absolute Gasteiger partial charge is 0.506 e. The van der Waals surface area contributed by atoms with E-state index in [1.807, 2.05) is 19.0 Å². The van der Waals surface area contributed by atoms with Crippen molar-refractivity contribution in [2.24, 2.45) is 5.41 Å². The second-order valence-electron chi connectivity index (χ2n) is 9.28. The highest BCUT2D eigenvalue weighted by Crippen LogP contribution is 2.65. The molecule has 9 heteroatoms. The number of benzene rings is 1. The molecule has 0 bridgehead atoms. The van der Waals surface area contributed by atoms with Crippen molar-refractivity contribution in [3.05, 3.63) is 52.6 Å². The van der Waals surface area contributed by atoms with Crippen LogP contribution in [0.2, 0.25) is 5.02 Å². The molecule has 1 aromatic heterocycles. The third-order valence-corrected chi connectivity index (χ3v) is 6.97. The second-order valence-corrected chi connectivity index (χ2v) is 9.68. The number of carbonyl (C=O) groups is 1. The predicted octanol–water partition coefficient (Wildman–Crippen LogP) is 4.34. The Bertz CT molecular complexity index is 975. The highest BCUT2D eigenvalue weighted by molar-refractivity contribution is 6.32. The van der Waals surface area contributed by atoms with Gasteiger partial charge < -0.3 is 15.3 Å². The van der Waals surface area contributed by atoms with Crippen LogP contribution in [0.3, 0.4) is 0 Å². The third kappa shape index (κ3) is 5.98. The minimum Gasteiger partial charge on any atom is -0.506 e. The summed E-state index contributed by atoms with van der Waals surface area (Å²) in [6, 6.07) is 4.98.